The van der Waals surface area contributed by atoms with Crippen molar-refractivity contribution >= 4 is 38.9 Å². The Balaban J connectivity index is 1.68. The lowest BCUT2D eigenvalue weighted by Gasteiger charge is -2.30. The van der Waals surface area contributed by atoms with Gasteiger partial charge >= 0.3 is 0 Å². The van der Waals surface area contributed by atoms with E-state index in [-0.39, 0.29) is 12.5 Å². The summed E-state index contributed by atoms with van der Waals surface area (Å²) in [6, 6.07) is 9.66. The summed E-state index contributed by atoms with van der Waals surface area (Å²) in [5.41, 5.74) is 6.10. The van der Waals surface area contributed by atoms with Crippen LogP contribution in [0.1, 0.15) is 28.1 Å². The molecule has 27 heavy (non-hydrogen) atoms. The van der Waals surface area contributed by atoms with Gasteiger partial charge in [-0.1, -0.05) is 0 Å². The summed E-state index contributed by atoms with van der Waals surface area (Å²) >= 11 is 1.24. The highest BCUT2D eigenvalue weighted by Gasteiger charge is 2.34. The van der Waals surface area contributed by atoms with Gasteiger partial charge in [-0.05, 0) is 56.2 Å². The summed E-state index contributed by atoms with van der Waals surface area (Å²) in [4.78, 5) is 24.6. The highest BCUT2D eigenvalue weighted by molar-refractivity contribution is 7.91. The quantitative estimate of drug-likeness (QED) is 0.792. The van der Waals surface area contributed by atoms with Crippen molar-refractivity contribution in [1.29, 1.82) is 0 Å². The number of carbonyl (C=O) groups is 2. The van der Waals surface area contributed by atoms with E-state index in [2.05, 4.69) is 5.32 Å². The average Bonchev–Trinajstić information content (AvgIpc) is 3.09. The van der Waals surface area contributed by atoms with Crippen LogP contribution in [-0.4, -0.2) is 37.6 Å². The third-order valence-electron chi connectivity index (χ3n) is 4.50. The first kappa shape index (κ1) is 19.5. The van der Waals surface area contributed by atoms with Crippen LogP contribution in [0.3, 0.4) is 0 Å². The van der Waals surface area contributed by atoms with E-state index in [1.54, 1.807) is 24.3 Å². The highest BCUT2D eigenvalue weighted by Crippen LogP contribution is 2.28. The van der Waals surface area contributed by atoms with Crippen molar-refractivity contribution < 1.29 is 18.0 Å². The van der Waals surface area contributed by atoms with Crippen LogP contribution in [0.5, 0.6) is 0 Å². The van der Waals surface area contributed by atoms with Crippen LogP contribution in [0.4, 0.5) is 5.69 Å². The molecule has 1 aliphatic rings. The lowest BCUT2D eigenvalue weighted by atomic mass is 9.98. The molecule has 0 bridgehead atoms. The van der Waals surface area contributed by atoms with Gasteiger partial charge in [0.25, 0.3) is 10.0 Å². The molecule has 2 amide bonds. The summed E-state index contributed by atoms with van der Waals surface area (Å²) in [6.07, 6.45) is 1.25. The van der Waals surface area contributed by atoms with Gasteiger partial charge in [0.1, 0.15) is 4.21 Å². The first-order valence-corrected chi connectivity index (χ1v) is 10.8. The second-order valence-corrected chi connectivity index (χ2v) is 9.95. The Morgan fingerprint density at radius 1 is 1.19 bits per heavy atom. The lowest BCUT2D eigenvalue weighted by Crippen LogP contribution is -2.43. The zero-order valence-electron chi connectivity index (χ0n) is 14.8. The molecule has 1 unspecified atom stereocenters. The second-order valence-electron chi connectivity index (χ2n) is 6.50. The summed E-state index contributed by atoms with van der Waals surface area (Å²) in [7, 11) is -3.58. The highest BCUT2D eigenvalue weighted by atomic mass is 32.2. The number of primary amides is 1. The molecule has 3 rings (SSSR count). The van der Waals surface area contributed by atoms with E-state index in [9.17, 15) is 18.0 Å². The first-order chi connectivity index (χ1) is 12.8. The van der Waals surface area contributed by atoms with Crippen LogP contribution in [0.15, 0.2) is 40.6 Å². The van der Waals surface area contributed by atoms with Crippen molar-refractivity contribution in [1.82, 2.24) is 4.31 Å². The fraction of sp³-hybridized carbons (Fsp3) is 0.333. The Labute approximate surface area is 162 Å². The van der Waals surface area contributed by atoms with E-state index in [0.29, 0.717) is 34.8 Å². The molecule has 144 valence electrons. The van der Waals surface area contributed by atoms with Crippen molar-refractivity contribution in [3.05, 3.63) is 46.8 Å². The predicted molar refractivity (Wildman–Crippen MR) is 104 cm³/mol. The molecule has 0 aliphatic carbocycles. The number of carbonyl (C=O) groups excluding carboxylic acids is 2. The molecule has 9 heteroatoms. The third kappa shape index (κ3) is 4.37. The van der Waals surface area contributed by atoms with Gasteiger partial charge in [0, 0.05) is 29.2 Å². The van der Waals surface area contributed by atoms with E-state index in [1.807, 2.05) is 6.92 Å². The van der Waals surface area contributed by atoms with E-state index in [1.165, 1.54) is 27.8 Å². The van der Waals surface area contributed by atoms with Gasteiger partial charge in [-0.2, -0.15) is 4.31 Å². The molecule has 1 aromatic carbocycles. The number of hydrogen-bond donors (Lipinski definition) is 2. The zero-order valence-corrected chi connectivity index (χ0v) is 16.5. The number of nitrogens with one attached hydrogen (secondary N) is 1. The topological polar surface area (TPSA) is 110 Å². The lowest BCUT2D eigenvalue weighted by molar-refractivity contribution is -0.120. The molecule has 0 saturated carbocycles. The van der Waals surface area contributed by atoms with E-state index < -0.39 is 21.8 Å². The smallest absolute Gasteiger partial charge is 0.252 e. The fourth-order valence-electron chi connectivity index (χ4n) is 3.01. The molecular formula is C18H21N3O4S2. The van der Waals surface area contributed by atoms with Crippen molar-refractivity contribution in [2.45, 2.75) is 24.0 Å². The maximum atomic E-state index is 12.8. The van der Waals surface area contributed by atoms with E-state index in [4.69, 9.17) is 5.73 Å². The molecular weight excluding hydrogens is 386 g/mol. The number of aryl methyl sites for hydroxylation is 1. The monoisotopic (exact) mass is 407 g/mol. The van der Waals surface area contributed by atoms with Crippen LogP contribution in [-0.2, 0) is 14.8 Å². The van der Waals surface area contributed by atoms with Crippen molar-refractivity contribution in [3.63, 3.8) is 0 Å². The fourth-order valence-corrected chi connectivity index (χ4v) is 5.98. The molecule has 1 aliphatic heterocycles. The summed E-state index contributed by atoms with van der Waals surface area (Å²) in [5.74, 6) is -1.20. The van der Waals surface area contributed by atoms with E-state index in [0.717, 1.165) is 4.88 Å². The van der Waals surface area contributed by atoms with Crippen LogP contribution >= 0.6 is 11.3 Å². The Hall–Kier alpha value is -2.23. The molecule has 1 atom stereocenters. The van der Waals surface area contributed by atoms with Crippen LogP contribution in [0, 0.1) is 12.8 Å². The standard InChI is InChI=1S/C18H21N3O4S2/c1-12-4-9-16(26-12)27(24,25)21-10-2-3-14(11-21)18(23)20-15-7-5-13(6-8-15)17(19)22/h4-9,14H,2-3,10-11H2,1H3,(H2,19,22)(H,20,23). The second kappa shape index (κ2) is 7.79. The van der Waals surface area contributed by atoms with Gasteiger partial charge in [-0.3, -0.25) is 9.59 Å². The number of sulfonamides is 1. The minimum atomic E-state index is -3.58. The number of rotatable bonds is 5. The Morgan fingerprint density at radius 3 is 2.48 bits per heavy atom. The number of thiophene rings is 1. The van der Waals surface area contributed by atoms with Crippen molar-refractivity contribution in [3.8, 4) is 0 Å². The molecule has 2 aromatic rings. The molecule has 0 spiro atoms. The van der Waals surface area contributed by atoms with Gasteiger partial charge in [0.15, 0.2) is 0 Å². The number of nitrogens with zero attached hydrogens (tertiary/aromatic N) is 1. The number of nitrogens with two attached hydrogens (primary N) is 1. The summed E-state index contributed by atoms with van der Waals surface area (Å²) in [6.45, 7) is 2.43. The van der Waals surface area contributed by atoms with Crippen LogP contribution in [0.25, 0.3) is 0 Å². The molecule has 1 aromatic heterocycles. The van der Waals surface area contributed by atoms with E-state index >= 15 is 0 Å². The number of anilines is 1. The Morgan fingerprint density at radius 2 is 1.89 bits per heavy atom. The van der Waals surface area contributed by atoms with Crippen LogP contribution in [0.2, 0.25) is 0 Å². The average molecular weight is 408 g/mol. The molecule has 3 N–H and O–H groups in total. The first-order valence-electron chi connectivity index (χ1n) is 8.54. The minimum absolute atomic E-state index is 0.157. The maximum absolute atomic E-state index is 12.8. The summed E-state index contributed by atoms with van der Waals surface area (Å²) < 4.78 is 27.3. The normalized spacial score (nSPS) is 18.2. The predicted octanol–water partition coefficient (Wildman–Crippen LogP) is 2.19. The molecule has 1 fully saturated rings. The summed E-state index contributed by atoms with van der Waals surface area (Å²) in [5, 5.41) is 2.78. The SMILES string of the molecule is Cc1ccc(S(=O)(=O)N2CCCC(C(=O)Nc3ccc(C(N)=O)cc3)C2)s1. The maximum Gasteiger partial charge on any atom is 0.252 e. The van der Waals surface area contributed by atoms with Crippen molar-refractivity contribution in [2.75, 3.05) is 18.4 Å². The Kier molecular flexibility index (Phi) is 5.64. The molecule has 0 radical (unpaired) electrons. The molecule has 7 nitrogen and oxygen atoms in total. The number of hydrogen-bond acceptors (Lipinski definition) is 5. The van der Waals surface area contributed by atoms with Gasteiger partial charge < -0.3 is 11.1 Å². The number of amides is 2. The largest absolute Gasteiger partial charge is 0.366 e. The number of benzene rings is 1. The van der Waals surface area contributed by atoms with Gasteiger partial charge in [0.2, 0.25) is 11.8 Å². The van der Waals surface area contributed by atoms with Crippen molar-refractivity contribution in [2.24, 2.45) is 11.7 Å². The van der Waals surface area contributed by atoms with Crippen LogP contribution < -0.4 is 11.1 Å². The van der Waals surface area contributed by atoms with Gasteiger partial charge in [-0.15, -0.1) is 11.3 Å². The molecule has 2 heterocycles. The Bertz CT molecular complexity index is 951. The minimum Gasteiger partial charge on any atom is -0.366 e. The third-order valence-corrected chi connectivity index (χ3v) is 7.83. The van der Waals surface area contributed by atoms with Gasteiger partial charge in [-0.25, -0.2) is 8.42 Å². The number of piperidine rings is 1. The zero-order chi connectivity index (χ0) is 19.6. The molecule has 1 saturated heterocycles. The van der Waals surface area contributed by atoms with Gasteiger partial charge in [0.05, 0.1) is 5.92 Å².